The largest absolute Gasteiger partial charge is 0.374 e. The Morgan fingerprint density at radius 3 is 2.94 bits per heavy atom. The highest BCUT2D eigenvalue weighted by Gasteiger charge is 2.26. The van der Waals surface area contributed by atoms with E-state index in [0.29, 0.717) is 6.04 Å². The van der Waals surface area contributed by atoms with Gasteiger partial charge < -0.3 is 15.0 Å². The summed E-state index contributed by atoms with van der Waals surface area (Å²) in [6, 6.07) is 8.32. The Morgan fingerprint density at radius 2 is 2.28 bits per heavy atom. The topological polar surface area (TPSA) is 24.5 Å². The molecule has 0 saturated carbocycles. The van der Waals surface area contributed by atoms with E-state index in [1.165, 1.54) is 5.56 Å². The minimum atomic E-state index is 0.227. The lowest BCUT2D eigenvalue weighted by molar-refractivity contribution is -0.0372. The number of likely N-dealkylation sites (N-methyl/N-ethyl adjacent to an activating group) is 2. The van der Waals surface area contributed by atoms with Crippen molar-refractivity contribution in [2.75, 3.05) is 33.8 Å². The van der Waals surface area contributed by atoms with Crippen LogP contribution in [0.25, 0.3) is 0 Å². The van der Waals surface area contributed by atoms with Crippen LogP contribution in [0.2, 0.25) is 5.02 Å². The molecule has 0 amide bonds. The number of hydrogen-bond acceptors (Lipinski definition) is 3. The summed E-state index contributed by atoms with van der Waals surface area (Å²) in [5.74, 6) is 0. The Hall–Kier alpha value is -0.610. The van der Waals surface area contributed by atoms with Crippen LogP contribution in [0, 0.1) is 0 Å². The summed E-state index contributed by atoms with van der Waals surface area (Å²) in [6.07, 6.45) is 1.12. The summed E-state index contributed by atoms with van der Waals surface area (Å²) in [4.78, 5) is 2.31. The van der Waals surface area contributed by atoms with Crippen LogP contribution >= 0.6 is 11.6 Å². The molecule has 2 rings (SSSR count). The Labute approximate surface area is 114 Å². The highest BCUT2D eigenvalue weighted by molar-refractivity contribution is 6.31. The highest BCUT2D eigenvalue weighted by atomic mass is 35.5. The van der Waals surface area contributed by atoms with Gasteiger partial charge in [-0.2, -0.15) is 0 Å². The zero-order chi connectivity index (χ0) is 13.0. The van der Waals surface area contributed by atoms with Crippen molar-refractivity contribution >= 4 is 11.6 Å². The van der Waals surface area contributed by atoms with E-state index in [9.17, 15) is 0 Å². The van der Waals surface area contributed by atoms with Crippen molar-refractivity contribution in [2.45, 2.75) is 18.6 Å². The van der Waals surface area contributed by atoms with Crippen LogP contribution < -0.4 is 5.32 Å². The molecule has 1 aromatic rings. The van der Waals surface area contributed by atoms with E-state index < -0.39 is 0 Å². The van der Waals surface area contributed by atoms with Crippen LogP contribution in [0.4, 0.5) is 0 Å². The molecule has 4 heteroatoms. The zero-order valence-electron chi connectivity index (χ0n) is 11.0. The third-order valence-electron chi connectivity index (χ3n) is 3.51. The number of hydrogen-bond donors (Lipinski definition) is 1. The van der Waals surface area contributed by atoms with Gasteiger partial charge >= 0.3 is 0 Å². The first-order valence-corrected chi connectivity index (χ1v) is 6.79. The second-order valence-electron chi connectivity index (χ2n) is 4.86. The smallest absolute Gasteiger partial charge is 0.0858 e. The van der Waals surface area contributed by atoms with Crippen molar-refractivity contribution in [2.24, 2.45) is 0 Å². The minimum absolute atomic E-state index is 0.227. The second kappa shape index (κ2) is 6.53. The van der Waals surface area contributed by atoms with Gasteiger partial charge in [-0.1, -0.05) is 29.8 Å². The molecule has 0 aromatic heterocycles. The first-order chi connectivity index (χ1) is 8.70. The Kier molecular flexibility index (Phi) is 5.01. The third kappa shape index (κ3) is 3.45. The van der Waals surface area contributed by atoms with Crippen LogP contribution in [0.5, 0.6) is 0 Å². The van der Waals surface area contributed by atoms with E-state index in [0.717, 1.165) is 31.1 Å². The van der Waals surface area contributed by atoms with Gasteiger partial charge in [-0.25, -0.2) is 0 Å². The van der Waals surface area contributed by atoms with Crippen LogP contribution in [-0.4, -0.2) is 50.8 Å². The molecule has 1 heterocycles. The normalized spacial score (nSPS) is 22.9. The predicted molar refractivity (Wildman–Crippen MR) is 75.2 cm³/mol. The number of rotatable bonds is 4. The lowest BCUT2D eigenvalue weighted by atomic mass is 10.00. The van der Waals surface area contributed by atoms with E-state index in [1.807, 2.05) is 25.2 Å². The number of nitrogens with zero attached hydrogens (tertiary/aromatic N) is 1. The molecule has 0 radical (unpaired) electrons. The second-order valence-corrected chi connectivity index (χ2v) is 5.27. The number of morpholine rings is 1. The first kappa shape index (κ1) is 13.8. The maximum Gasteiger partial charge on any atom is 0.0858 e. The molecular weight excluding hydrogens is 248 g/mol. The van der Waals surface area contributed by atoms with Crippen molar-refractivity contribution < 1.29 is 4.74 Å². The summed E-state index contributed by atoms with van der Waals surface area (Å²) in [5, 5.41) is 4.19. The molecule has 1 aromatic carbocycles. The first-order valence-electron chi connectivity index (χ1n) is 6.41. The van der Waals surface area contributed by atoms with Gasteiger partial charge in [-0.3, -0.25) is 0 Å². The van der Waals surface area contributed by atoms with Crippen LogP contribution in [0.15, 0.2) is 24.3 Å². The van der Waals surface area contributed by atoms with Gasteiger partial charge in [0.15, 0.2) is 0 Å². The minimum Gasteiger partial charge on any atom is -0.374 e. The van der Waals surface area contributed by atoms with Crippen LogP contribution in [0.3, 0.4) is 0 Å². The van der Waals surface area contributed by atoms with Gasteiger partial charge in [0, 0.05) is 24.2 Å². The van der Waals surface area contributed by atoms with Gasteiger partial charge in [0.05, 0.1) is 12.7 Å². The molecule has 1 aliphatic heterocycles. The van der Waals surface area contributed by atoms with E-state index in [2.05, 4.69) is 23.3 Å². The number of nitrogens with one attached hydrogen (secondary N) is 1. The average molecular weight is 269 g/mol. The third-order valence-corrected chi connectivity index (χ3v) is 3.88. The molecule has 0 bridgehead atoms. The van der Waals surface area contributed by atoms with E-state index in [4.69, 9.17) is 16.3 Å². The molecule has 100 valence electrons. The summed E-state index contributed by atoms with van der Waals surface area (Å²) in [7, 11) is 4.12. The molecule has 1 aliphatic rings. The summed E-state index contributed by atoms with van der Waals surface area (Å²) >= 11 is 6.21. The molecule has 1 fully saturated rings. The Bertz CT molecular complexity index is 386. The molecular formula is C14H21ClN2O. The summed E-state index contributed by atoms with van der Waals surface area (Å²) in [6.45, 7) is 2.79. The fourth-order valence-corrected chi connectivity index (χ4v) is 2.59. The van der Waals surface area contributed by atoms with Crippen molar-refractivity contribution in [3.05, 3.63) is 34.9 Å². The van der Waals surface area contributed by atoms with Crippen molar-refractivity contribution in [1.29, 1.82) is 0 Å². The Morgan fingerprint density at radius 1 is 1.50 bits per heavy atom. The van der Waals surface area contributed by atoms with Crippen molar-refractivity contribution in [3.8, 4) is 0 Å². The van der Waals surface area contributed by atoms with Gasteiger partial charge in [0.25, 0.3) is 0 Å². The van der Waals surface area contributed by atoms with E-state index in [1.54, 1.807) is 0 Å². The van der Waals surface area contributed by atoms with Gasteiger partial charge in [0.1, 0.15) is 0 Å². The molecule has 1 N–H and O–H groups in total. The summed E-state index contributed by atoms with van der Waals surface area (Å²) in [5.41, 5.74) is 1.18. The molecule has 18 heavy (non-hydrogen) atoms. The quantitative estimate of drug-likeness (QED) is 0.901. The van der Waals surface area contributed by atoms with Gasteiger partial charge in [0.2, 0.25) is 0 Å². The fourth-order valence-electron chi connectivity index (χ4n) is 2.37. The SMILES string of the molecule is CNC(Cc1ccccc1Cl)C1CN(C)CCO1. The lowest BCUT2D eigenvalue weighted by Gasteiger charge is -2.35. The molecule has 3 nitrogen and oxygen atoms in total. The maximum atomic E-state index is 6.21. The summed E-state index contributed by atoms with van der Waals surface area (Å²) < 4.78 is 5.87. The lowest BCUT2D eigenvalue weighted by Crippen LogP contribution is -2.51. The molecule has 1 saturated heterocycles. The molecule has 2 atom stereocenters. The monoisotopic (exact) mass is 268 g/mol. The number of halogens is 1. The van der Waals surface area contributed by atoms with Crippen LogP contribution in [-0.2, 0) is 11.2 Å². The molecule has 0 aliphatic carbocycles. The predicted octanol–water partition coefficient (Wildman–Crippen LogP) is 1.80. The highest BCUT2D eigenvalue weighted by Crippen LogP contribution is 2.19. The number of ether oxygens (including phenoxy) is 1. The van der Waals surface area contributed by atoms with Gasteiger partial charge in [-0.05, 0) is 32.1 Å². The van der Waals surface area contributed by atoms with Crippen molar-refractivity contribution in [1.82, 2.24) is 10.2 Å². The molecule has 2 unspecified atom stereocenters. The van der Waals surface area contributed by atoms with E-state index in [-0.39, 0.29) is 6.10 Å². The van der Waals surface area contributed by atoms with Crippen LogP contribution in [0.1, 0.15) is 5.56 Å². The standard InChI is InChI=1S/C14H21ClN2O/c1-16-13(14-10-17(2)7-8-18-14)9-11-5-3-4-6-12(11)15/h3-6,13-14,16H,7-10H2,1-2H3. The zero-order valence-corrected chi connectivity index (χ0v) is 11.8. The molecule has 0 spiro atoms. The van der Waals surface area contributed by atoms with E-state index >= 15 is 0 Å². The van der Waals surface area contributed by atoms with Crippen molar-refractivity contribution in [3.63, 3.8) is 0 Å². The average Bonchev–Trinajstić information content (AvgIpc) is 2.38. The maximum absolute atomic E-state index is 6.21. The van der Waals surface area contributed by atoms with Gasteiger partial charge in [-0.15, -0.1) is 0 Å². The Balaban J connectivity index is 2.03. The number of benzene rings is 1. The fraction of sp³-hybridized carbons (Fsp3) is 0.571.